The molecule has 1 aliphatic heterocycles. The Balaban J connectivity index is 1.51. The Morgan fingerprint density at radius 1 is 1.27 bits per heavy atom. The predicted molar refractivity (Wildman–Crippen MR) is 103 cm³/mol. The average molecular weight is 375 g/mol. The summed E-state index contributed by atoms with van der Waals surface area (Å²) in [6, 6.07) is 8.33. The molecule has 1 fully saturated rings. The molecule has 0 aliphatic carbocycles. The number of carbonyl (C=O) groups excluding carboxylic acids is 1. The lowest BCUT2D eigenvalue weighted by molar-refractivity contribution is -0.128. The first kappa shape index (κ1) is 18.6. The minimum Gasteiger partial charge on any atom is -0.497 e. The minimum absolute atomic E-state index is 0.151. The lowest BCUT2D eigenvalue weighted by Crippen LogP contribution is -2.49. The molecule has 1 aromatic carbocycles. The van der Waals surface area contributed by atoms with E-state index in [0.717, 1.165) is 42.8 Å². The average Bonchev–Trinajstić information content (AvgIpc) is 3.15. The number of ether oxygens (including phenoxy) is 1. The molecule has 1 saturated heterocycles. The fourth-order valence-electron chi connectivity index (χ4n) is 2.93. The van der Waals surface area contributed by atoms with Crippen molar-refractivity contribution in [1.82, 2.24) is 19.7 Å². The Labute approximate surface area is 158 Å². The number of anilines is 1. The van der Waals surface area contributed by atoms with Gasteiger partial charge in [-0.3, -0.25) is 4.79 Å². The summed E-state index contributed by atoms with van der Waals surface area (Å²) in [5, 5.41) is 8.84. The normalized spacial score (nSPS) is 14.8. The monoisotopic (exact) mass is 375 g/mol. The van der Waals surface area contributed by atoms with Crippen LogP contribution in [-0.4, -0.2) is 64.6 Å². The molecule has 26 heavy (non-hydrogen) atoms. The van der Waals surface area contributed by atoms with E-state index in [2.05, 4.69) is 35.0 Å². The van der Waals surface area contributed by atoms with Gasteiger partial charge in [-0.15, -0.1) is 10.2 Å². The van der Waals surface area contributed by atoms with Gasteiger partial charge in [-0.25, -0.2) is 0 Å². The molecular formula is C18H25N5O2S. The Hall–Kier alpha value is -2.22. The molecular weight excluding hydrogens is 350 g/mol. The van der Waals surface area contributed by atoms with E-state index in [1.54, 1.807) is 13.4 Å². The molecule has 140 valence electrons. The minimum atomic E-state index is 0.151. The van der Waals surface area contributed by atoms with Gasteiger partial charge in [0.1, 0.15) is 12.1 Å². The molecule has 1 aliphatic rings. The van der Waals surface area contributed by atoms with Crippen LogP contribution in [0, 0.1) is 0 Å². The Morgan fingerprint density at radius 3 is 2.73 bits per heavy atom. The zero-order valence-corrected chi connectivity index (χ0v) is 16.3. The van der Waals surface area contributed by atoms with Crippen molar-refractivity contribution in [3.8, 4) is 5.75 Å². The van der Waals surface area contributed by atoms with Crippen LogP contribution in [0.15, 0.2) is 35.7 Å². The van der Waals surface area contributed by atoms with Gasteiger partial charge in [0.05, 0.1) is 12.9 Å². The van der Waals surface area contributed by atoms with E-state index in [9.17, 15) is 4.79 Å². The van der Waals surface area contributed by atoms with E-state index in [-0.39, 0.29) is 11.9 Å². The number of benzene rings is 1. The lowest BCUT2D eigenvalue weighted by atomic mass is 10.2. The van der Waals surface area contributed by atoms with Gasteiger partial charge in [0.15, 0.2) is 5.16 Å². The van der Waals surface area contributed by atoms with Gasteiger partial charge in [-0.05, 0) is 26.0 Å². The summed E-state index contributed by atoms with van der Waals surface area (Å²) in [5.74, 6) is 1.40. The molecule has 0 saturated carbocycles. The van der Waals surface area contributed by atoms with Gasteiger partial charge in [-0.2, -0.15) is 0 Å². The standard InChI is InChI=1S/C18H25N5O2S/c1-14(2)23-13-19-20-18(23)26-12-17(24)22-9-7-21(8-10-22)15-5-4-6-16(11-15)25-3/h4-6,11,13-14H,7-10,12H2,1-3H3. The third kappa shape index (κ3) is 4.30. The largest absolute Gasteiger partial charge is 0.497 e. The first-order chi connectivity index (χ1) is 12.6. The molecule has 0 spiro atoms. The van der Waals surface area contributed by atoms with E-state index in [1.807, 2.05) is 27.7 Å². The van der Waals surface area contributed by atoms with Crippen molar-refractivity contribution < 1.29 is 9.53 Å². The SMILES string of the molecule is COc1cccc(N2CCN(C(=O)CSc3nncn3C(C)C)CC2)c1. The van der Waals surface area contributed by atoms with Gasteiger partial charge in [0, 0.05) is 44.0 Å². The topological polar surface area (TPSA) is 63.5 Å². The molecule has 2 aromatic rings. The summed E-state index contributed by atoms with van der Waals surface area (Å²) in [6.45, 7) is 7.26. The summed E-state index contributed by atoms with van der Waals surface area (Å²) in [7, 11) is 1.67. The Kier molecular flexibility index (Phi) is 6.03. The maximum atomic E-state index is 12.5. The van der Waals surface area contributed by atoms with Gasteiger partial charge in [0.2, 0.25) is 5.91 Å². The molecule has 1 amide bonds. The molecule has 8 heteroatoms. The number of piperazine rings is 1. The fourth-order valence-corrected chi connectivity index (χ4v) is 3.88. The second-order valence-electron chi connectivity index (χ2n) is 6.47. The van der Waals surface area contributed by atoms with Crippen LogP contribution in [0.1, 0.15) is 19.9 Å². The Bertz CT molecular complexity index is 741. The highest BCUT2D eigenvalue weighted by Crippen LogP contribution is 2.23. The number of hydrogen-bond acceptors (Lipinski definition) is 6. The first-order valence-corrected chi connectivity index (χ1v) is 9.76. The van der Waals surface area contributed by atoms with Crippen LogP contribution in [-0.2, 0) is 4.79 Å². The van der Waals surface area contributed by atoms with E-state index in [1.165, 1.54) is 11.8 Å². The Morgan fingerprint density at radius 2 is 2.04 bits per heavy atom. The number of nitrogens with zero attached hydrogens (tertiary/aromatic N) is 5. The summed E-state index contributed by atoms with van der Waals surface area (Å²) >= 11 is 1.45. The smallest absolute Gasteiger partial charge is 0.233 e. The molecule has 3 rings (SSSR count). The third-order valence-electron chi connectivity index (χ3n) is 4.47. The number of amides is 1. The maximum Gasteiger partial charge on any atom is 0.233 e. The fraction of sp³-hybridized carbons (Fsp3) is 0.500. The highest BCUT2D eigenvalue weighted by Gasteiger charge is 2.22. The number of methoxy groups -OCH3 is 1. The summed E-state index contributed by atoms with van der Waals surface area (Å²) in [4.78, 5) is 16.7. The van der Waals surface area contributed by atoms with E-state index in [0.29, 0.717) is 5.75 Å². The van der Waals surface area contributed by atoms with Crippen LogP contribution in [0.2, 0.25) is 0 Å². The first-order valence-electron chi connectivity index (χ1n) is 8.77. The van der Waals surface area contributed by atoms with Crippen LogP contribution >= 0.6 is 11.8 Å². The van der Waals surface area contributed by atoms with Gasteiger partial charge in [-0.1, -0.05) is 17.8 Å². The lowest BCUT2D eigenvalue weighted by Gasteiger charge is -2.36. The molecule has 0 radical (unpaired) electrons. The summed E-state index contributed by atoms with van der Waals surface area (Å²) < 4.78 is 7.28. The number of carbonyl (C=O) groups is 1. The van der Waals surface area contributed by atoms with Crippen molar-refractivity contribution in [2.45, 2.75) is 25.0 Å². The zero-order valence-electron chi connectivity index (χ0n) is 15.5. The number of rotatable bonds is 6. The van der Waals surface area contributed by atoms with E-state index in [4.69, 9.17) is 4.74 Å². The van der Waals surface area contributed by atoms with E-state index < -0.39 is 0 Å². The highest BCUT2D eigenvalue weighted by atomic mass is 32.2. The van der Waals surface area contributed by atoms with Crippen molar-refractivity contribution in [2.24, 2.45) is 0 Å². The molecule has 7 nitrogen and oxygen atoms in total. The van der Waals surface area contributed by atoms with Gasteiger partial charge >= 0.3 is 0 Å². The number of thioether (sulfide) groups is 1. The molecule has 0 bridgehead atoms. The van der Waals surface area contributed by atoms with Crippen molar-refractivity contribution in [3.05, 3.63) is 30.6 Å². The zero-order chi connectivity index (χ0) is 18.5. The van der Waals surface area contributed by atoms with Crippen molar-refractivity contribution in [1.29, 1.82) is 0 Å². The van der Waals surface area contributed by atoms with Gasteiger partial charge in [0.25, 0.3) is 0 Å². The molecule has 2 heterocycles. The number of aromatic nitrogens is 3. The molecule has 0 N–H and O–H groups in total. The van der Waals surface area contributed by atoms with E-state index >= 15 is 0 Å². The third-order valence-corrected chi connectivity index (χ3v) is 5.41. The van der Waals surface area contributed by atoms with Crippen LogP contribution in [0.4, 0.5) is 5.69 Å². The van der Waals surface area contributed by atoms with Crippen LogP contribution in [0.5, 0.6) is 5.75 Å². The van der Waals surface area contributed by atoms with Gasteiger partial charge < -0.3 is 19.1 Å². The molecule has 0 atom stereocenters. The summed E-state index contributed by atoms with van der Waals surface area (Å²) in [5.41, 5.74) is 1.14. The second-order valence-corrected chi connectivity index (χ2v) is 7.42. The summed E-state index contributed by atoms with van der Waals surface area (Å²) in [6.07, 6.45) is 1.71. The molecule has 0 unspecified atom stereocenters. The highest BCUT2D eigenvalue weighted by molar-refractivity contribution is 7.99. The van der Waals surface area contributed by atoms with Crippen LogP contribution in [0.3, 0.4) is 0 Å². The maximum absolute atomic E-state index is 12.5. The second kappa shape index (κ2) is 8.44. The molecule has 1 aromatic heterocycles. The van der Waals surface area contributed by atoms with Crippen LogP contribution < -0.4 is 9.64 Å². The van der Waals surface area contributed by atoms with Crippen molar-refractivity contribution in [3.63, 3.8) is 0 Å². The van der Waals surface area contributed by atoms with Crippen molar-refractivity contribution in [2.75, 3.05) is 43.9 Å². The van der Waals surface area contributed by atoms with Crippen LogP contribution in [0.25, 0.3) is 0 Å². The van der Waals surface area contributed by atoms with Crippen molar-refractivity contribution >= 4 is 23.4 Å². The predicted octanol–water partition coefficient (Wildman–Crippen LogP) is 2.31. The number of hydrogen-bond donors (Lipinski definition) is 0. The quantitative estimate of drug-likeness (QED) is 0.722.